The minimum atomic E-state index is -4.72. The monoisotopic (exact) mass is 225 g/mol. The van der Waals surface area contributed by atoms with Crippen LogP contribution in [-0.4, -0.2) is 23.7 Å². The van der Waals surface area contributed by atoms with Gasteiger partial charge in [-0.2, -0.15) is 13.2 Å². The van der Waals surface area contributed by atoms with Crippen LogP contribution >= 0.6 is 0 Å². The number of hydrogen-bond acceptors (Lipinski definition) is 4. The van der Waals surface area contributed by atoms with Crippen molar-refractivity contribution < 1.29 is 32.6 Å². The van der Waals surface area contributed by atoms with Gasteiger partial charge in [-0.25, -0.2) is 4.79 Å². The van der Waals surface area contributed by atoms with Crippen molar-refractivity contribution in [2.75, 3.05) is 0 Å². The number of halogens is 3. The maximum absolute atomic E-state index is 12.2. The average molecular weight is 225 g/mol. The summed E-state index contributed by atoms with van der Waals surface area (Å²) in [5.41, 5.74) is -2.67. The standard InChI is InChI=1S/C8H9F3O4/c1-7(2,8(9,10)11)15-6(14)4-3-5(12)13/h3-4H,1-2H3,(H,12,13)/p-1/b4-3+. The second-order valence-electron chi connectivity index (χ2n) is 3.08. The van der Waals surface area contributed by atoms with Crippen molar-refractivity contribution >= 4 is 11.9 Å². The lowest BCUT2D eigenvalue weighted by atomic mass is 10.1. The van der Waals surface area contributed by atoms with Crippen LogP contribution in [0.15, 0.2) is 12.2 Å². The summed E-state index contributed by atoms with van der Waals surface area (Å²) in [6.07, 6.45) is -4.09. The molecule has 0 aromatic rings. The molecular weight excluding hydrogens is 217 g/mol. The molecule has 0 saturated carbocycles. The molecule has 0 aliphatic heterocycles. The van der Waals surface area contributed by atoms with E-state index in [1.807, 2.05) is 0 Å². The summed E-state index contributed by atoms with van der Waals surface area (Å²) < 4.78 is 40.5. The summed E-state index contributed by atoms with van der Waals surface area (Å²) in [5, 5.41) is 9.84. The number of esters is 1. The maximum Gasteiger partial charge on any atom is 0.427 e. The normalized spacial score (nSPS) is 12.9. The molecule has 0 aromatic heterocycles. The van der Waals surface area contributed by atoms with Crippen LogP contribution in [0.3, 0.4) is 0 Å². The Balaban J connectivity index is 4.49. The van der Waals surface area contributed by atoms with Crippen LogP contribution in [0.4, 0.5) is 13.2 Å². The molecule has 0 radical (unpaired) electrons. The van der Waals surface area contributed by atoms with Gasteiger partial charge in [0.15, 0.2) is 0 Å². The van der Waals surface area contributed by atoms with E-state index in [0.29, 0.717) is 19.9 Å². The number of aliphatic carboxylic acids is 1. The first kappa shape index (κ1) is 13.5. The summed E-state index contributed by atoms with van der Waals surface area (Å²) in [6.45, 7) is 1.30. The van der Waals surface area contributed by atoms with Gasteiger partial charge in [0.25, 0.3) is 0 Å². The van der Waals surface area contributed by atoms with Gasteiger partial charge in [-0.3, -0.25) is 0 Å². The van der Waals surface area contributed by atoms with Crippen molar-refractivity contribution in [1.29, 1.82) is 0 Å². The highest BCUT2D eigenvalue weighted by Gasteiger charge is 2.50. The van der Waals surface area contributed by atoms with Crippen molar-refractivity contribution in [2.45, 2.75) is 25.6 Å². The number of rotatable bonds is 3. The van der Waals surface area contributed by atoms with E-state index in [0.717, 1.165) is 0 Å². The summed E-state index contributed by atoms with van der Waals surface area (Å²) in [5.74, 6) is -3.10. The van der Waals surface area contributed by atoms with Gasteiger partial charge in [-0.1, -0.05) is 0 Å². The Morgan fingerprint density at radius 3 is 2.00 bits per heavy atom. The van der Waals surface area contributed by atoms with Crippen molar-refractivity contribution in [3.8, 4) is 0 Å². The Morgan fingerprint density at radius 2 is 1.67 bits per heavy atom. The number of hydrogen-bond donors (Lipinski definition) is 0. The van der Waals surface area contributed by atoms with Crippen LogP contribution in [0, 0.1) is 0 Å². The molecule has 0 heterocycles. The van der Waals surface area contributed by atoms with Gasteiger partial charge in [-0.05, 0) is 19.9 Å². The van der Waals surface area contributed by atoms with Crippen LogP contribution in [0.2, 0.25) is 0 Å². The van der Waals surface area contributed by atoms with E-state index in [1.54, 1.807) is 0 Å². The maximum atomic E-state index is 12.2. The minimum Gasteiger partial charge on any atom is -0.545 e. The average Bonchev–Trinajstić information content (AvgIpc) is 1.97. The highest BCUT2D eigenvalue weighted by molar-refractivity contribution is 5.90. The van der Waals surface area contributed by atoms with Gasteiger partial charge in [0, 0.05) is 6.08 Å². The first-order chi connectivity index (χ1) is 6.56. The van der Waals surface area contributed by atoms with E-state index in [1.165, 1.54) is 0 Å². The van der Waals surface area contributed by atoms with Crippen LogP contribution in [-0.2, 0) is 14.3 Å². The Morgan fingerprint density at radius 1 is 1.20 bits per heavy atom. The molecule has 0 N–H and O–H groups in total. The molecule has 0 unspecified atom stereocenters. The Hall–Kier alpha value is -1.53. The molecule has 4 nitrogen and oxygen atoms in total. The molecule has 0 atom stereocenters. The molecule has 0 rings (SSSR count). The third-order valence-corrected chi connectivity index (χ3v) is 1.39. The van der Waals surface area contributed by atoms with E-state index in [9.17, 15) is 27.9 Å². The van der Waals surface area contributed by atoms with Crippen LogP contribution in [0.5, 0.6) is 0 Å². The molecule has 86 valence electrons. The fourth-order valence-electron chi connectivity index (χ4n) is 0.479. The summed E-state index contributed by atoms with van der Waals surface area (Å²) in [6, 6.07) is 0. The molecular formula is C8H8F3O4-. The van der Waals surface area contributed by atoms with Gasteiger partial charge in [0.05, 0.1) is 5.97 Å². The molecule has 0 fully saturated rings. The van der Waals surface area contributed by atoms with Crippen molar-refractivity contribution in [2.24, 2.45) is 0 Å². The Kier molecular flexibility index (Phi) is 3.89. The molecule has 0 saturated heterocycles. The third kappa shape index (κ3) is 4.48. The predicted octanol–water partition coefficient (Wildman–Crippen LogP) is 0.177. The Bertz CT molecular complexity index is 291. The van der Waals surface area contributed by atoms with E-state index in [-0.39, 0.29) is 6.08 Å². The minimum absolute atomic E-state index is 0.286. The van der Waals surface area contributed by atoms with Gasteiger partial charge < -0.3 is 14.6 Å². The summed E-state index contributed by atoms with van der Waals surface area (Å²) in [4.78, 5) is 20.5. The second-order valence-corrected chi connectivity index (χ2v) is 3.08. The zero-order valence-corrected chi connectivity index (χ0v) is 7.92. The number of carbonyl (C=O) groups excluding carboxylic acids is 2. The third-order valence-electron chi connectivity index (χ3n) is 1.39. The smallest absolute Gasteiger partial charge is 0.427 e. The lowest BCUT2D eigenvalue weighted by Gasteiger charge is -2.26. The fourth-order valence-corrected chi connectivity index (χ4v) is 0.479. The summed E-state index contributed by atoms with van der Waals surface area (Å²) in [7, 11) is 0. The first-order valence-electron chi connectivity index (χ1n) is 3.75. The van der Waals surface area contributed by atoms with E-state index >= 15 is 0 Å². The highest BCUT2D eigenvalue weighted by Crippen LogP contribution is 2.32. The molecule has 7 heteroatoms. The van der Waals surface area contributed by atoms with Crippen molar-refractivity contribution in [3.05, 3.63) is 12.2 Å². The quantitative estimate of drug-likeness (QED) is 0.507. The van der Waals surface area contributed by atoms with Gasteiger partial charge in [-0.15, -0.1) is 0 Å². The van der Waals surface area contributed by atoms with Crippen molar-refractivity contribution in [1.82, 2.24) is 0 Å². The zero-order chi connectivity index (χ0) is 12.3. The van der Waals surface area contributed by atoms with Crippen molar-refractivity contribution in [3.63, 3.8) is 0 Å². The number of ether oxygens (including phenoxy) is 1. The largest absolute Gasteiger partial charge is 0.545 e. The van der Waals surface area contributed by atoms with Crippen LogP contribution < -0.4 is 5.11 Å². The number of carboxylic acids is 1. The SMILES string of the molecule is CC(C)(OC(=O)/C=C/C(=O)[O-])C(F)(F)F. The van der Waals surface area contributed by atoms with E-state index < -0.39 is 23.7 Å². The first-order valence-corrected chi connectivity index (χ1v) is 3.75. The number of carbonyl (C=O) groups is 2. The molecule has 0 aliphatic carbocycles. The van der Waals surface area contributed by atoms with Gasteiger partial charge in [0.2, 0.25) is 5.60 Å². The second kappa shape index (κ2) is 4.33. The molecule has 0 spiro atoms. The molecule has 15 heavy (non-hydrogen) atoms. The fraction of sp³-hybridized carbons (Fsp3) is 0.500. The molecule has 0 amide bonds. The molecule has 0 aliphatic rings. The van der Waals surface area contributed by atoms with E-state index in [2.05, 4.69) is 4.74 Å². The predicted molar refractivity (Wildman–Crippen MR) is 40.4 cm³/mol. The molecule has 0 bridgehead atoms. The van der Waals surface area contributed by atoms with Gasteiger partial charge in [0.1, 0.15) is 0 Å². The summed E-state index contributed by atoms with van der Waals surface area (Å²) >= 11 is 0. The number of alkyl halides is 3. The lowest BCUT2D eigenvalue weighted by molar-refractivity contribution is -0.297. The highest BCUT2D eigenvalue weighted by atomic mass is 19.4. The lowest BCUT2D eigenvalue weighted by Crippen LogP contribution is -2.43. The van der Waals surface area contributed by atoms with Crippen LogP contribution in [0.1, 0.15) is 13.8 Å². The van der Waals surface area contributed by atoms with Gasteiger partial charge >= 0.3 is 12.1 Å². The van der Waals surface area contributed by atoms with E-state index in [4.69, 9.17) is 0 Å². The number of carboxylic acid groups (broad SMARTS) is 1. The molecule has 0 aromatic carbocycles. The zero-order valence-electron chi connectivity index (χ0n) is 7.92. The Labute approximate surface area is 83.3 Å². The van der Waals surface area contributed by atoms with Crippen LogP contribution in [0.25, 0.3) is 0 Å². The topological polar surface area (TPSA) is 66.4 Å².